The lowest BCUT2D eigenvalue weighted by atomic mass is 9.51. The molecule has 2 aromatic heterocycles. The Morgan fingerprint density at radius 1 is 0.982 bits per heavy atom. The lowest BCUT2D eigenvalue weighted by Gasteiger charge is -2.49. The molecular formula is C41H34ClN5O8S. The number of phenolic OH excluding ortho intramolecular Hbond substituents is 1. The van der Waals surface area contributed by atoms with Crippen LogP contribution < -0.4 is 14.5 Å². The molecule has 0 bridgehead atoms. The molecule has 3 aromatic carbocycles. The number of nitro benzene ring substituents is 1. The number of allylic oxidation sites excluding steroid dienone is 2. The molecule has 9 rings (SSSR count). The maximum atomic E-state index is 15.1. The molecule has 56 heavy (non-hydrogen) atoms. The molecule has 1 N–H and O–H groups in total. The molecule has 15 heteroatoms. The number of hydrogen-bond acceptors (Lipinski definition) is 10. The monoisotopic (exact) mass is 791 g/mol. The molecule has 4 amide bonds. The van der Waals surface area contributed by atoms with Gasteiger partial charge in [0.1, 0.15) is 11.5 Å². The van der Waals surface area contributed by atoms with Crippen molar-refractivity contribution in [2.45, 2.75) is 32.6 Å². The lowest BCUT2D eigenvalue weighted by Crippen LogP contribution is -2.48. The van der Waals surface area contributed by atoms with E-state index in [1.54, 1.807) is 43.5 Å². The van der Waals surface area contributed by atoms with Gasteiger partial charge in [-0.25, -0.2) is 4.90 Å². The number of nitro groups is 1. The van der Waals surface area contributed by atoms with E-state index < -0.39 is 63.6 Å². The van der Waals surface area contributed by atoms with Crippen molar-refractivity contribution in [3.8, 4) is 22.1 Å². The zero-order valence-corrected chi connectivity index (χ0v) is 32.1. The number of anilines is 2. The summed E-state index contributed by atoms with van der Waals surface area (Å²) in [4.78, 5) is 72.3. The number of benzene rings is 3. The SMILES string of the molecule is COc1cc([C@H]2C3=CC[C@@H]4C(=O)N(c5ccc([N+](=O)[O-])cc5)C(=O)[C@@H]4[C@@H]3C[C@H]3C(=O)N(c4cc(-c5sc6ccc(Cl)cc6c5C)nn4C)C(=O)[C@@]23C)ccc1O. The summed E-state index contributed by atoms with van der Waals surface area (Å²) in [5.41, 5.74) is 1.65. The van der Waals surface area contributed by atoms with E-state index in [1.807, 2.05) is 31.2 Å². The molecule has 0 unspecified atom stereocenters. The fourth-order valence-electron chi connectivity index (χ4n) is 9.68. The standard InChI is InChI=1S/C41H34ClN5O8S/c1-19-26-16-21(42)6-14-32(26)56-36(19)29-18-33(44(3)43-29)46-38(50)28-17-27-24(35(41(28,2)40(46)52)20-5-13-30(48)31(15-20)55-4)11-12-25-34(27)39(51)45(37(25)49)22-7-9-23(10-8-22)47(53)54/h5-11,13-16,18,25,27-28,34-35,48H,12,17H2,1-4H3/t25-,27+,28-,34-,35-,41+/m0/s1. The zero-order chi connectivity index (χ0) is 39.5. The maximum absolute atomic E-state index is 15.1. The van der Waals surface area contributed by atoms with Gasteiger partial charge in [0.2, 0.25) is 23.6 Å². The number of ether oxygens (including phenoxy) is 1. The Balaban J connectivity index is 1.14. The minimum atomic E-state index is -1.34. The van der Waals surface area contributed by atoms with Crippen LogP contribution in [0.5, 0.6) is 11.5 Å². The van der Waals surface area contributed by atoms with Gasteiger partial charge in [0.25, 0.3) is 5.69 Å². The molecule has 6 atom stereocenters. The van der Waals surface area contributed by atoms with Crippen molar-refractivity contribution in [2.24, 2.45) is 36.1 Å². The number of imide groups is 2. The van der Waals surface area contributed by atoms with Crippen LogP contribution in [0.3, 0.4) is 0 Å². The third-order valence-electron chi connectivity index (χ3n) is 12.3. The molecule has 1 saturated carbocycles. The van der Waals surface area contributed by atoms with E-state index in [0.29, 0.717) is 22.1 Å². The first-order valence-electron chi connectivity index (χ1n) is 18.0. The summed E-state index contributed by atoms with van der Waals surface area (Å²) < 4.78 is 8.04. The number of aromatic nitrogens is 2. The second-order valence-electron chi connectivity index (χ2n) is 15.1. The van der Waals surface area contributed by atoms with Crippen molar-refractivity contribution >= 4 is 73.8 Å². The summed E-state index contributed by atoms with van der Waals surface area (Å²) in [6.07, 6.45) is 2.28. The number of halogens is 1. The van der Waals surface area contributed by atoms with Gasteiger partial charge in [-0.1, -0.05) is 29.3 Å². The number of thiophene rings is 1. The molecule has 4 heterocycles. The third-order valence-corrected chi connectivity index (χ3v) is 13.9. The lowest BCUT2D eigenvalue weighted by molar-refractivity contribution is -0.384. The summed E-state index contributed by atoms with van der Waals surface area (Å²) in [5.74, 6) is -5.16. The van der Waals surface area contributed by atoms with E-state index in [9.17, 15) is 29.6 Å². The van der Waals surface area contributed by atoms with Crippen molar-refractivity contribution in [3.63, 3.8) is 0 Å². The first-order valence-corrected chi connectivity index (χ1v) is 19.2. The van der Waals surface area contributed by atoms with Gasteiger partial charge in [-0.3, -0.25) is 38.9 Å². The number of rotatable bonds is 6. The smallest absolute Gasteiger partial charge is 0.269 e. The second kappa shape index (κ2) is 12.6. The highest BCUT2D eigenvalue weighted by molar-refractivity contribution is 7.22. The number of aromatic hydroxyl groups is 1. The number of carbonyl (C=O) groups is 4. The highest BCUT2D eigenvalue weighted by Crippen LogP contribution is 2.64. The number of non-ortho nitro benzene ring substituents is 1. The van der Waals surface area contributed by atoms with Crippen LogP contribution in [0.4, 0.5) is 17.2 Å². The number of amides is 4. The number of phenols is 1. The van der Waals surface area contributed by atoms with Crippen LogP contribution in [0, 0.1) is 46.1 Å². The molecule has 284 valence electrons. The summed E-state index contributed by atoms with van der Waals surface area (Å²) >= 11 is 7.85. The normalized spacial score (nSPS) is 25.7. The van der Waals surface area contributed by atoms with Gasteiger partial charge in [0.05, 0.1) is 45.8 Å². The predicted octanol–water partition coefficient (Wildman–Crippen LogP) is 7.32. The van der Waals surface area contributed by atoms with Crippen LogP contribution in [-0.2, 0) is 26.2 Å². The Kier molecular flexibility index (Phi) is 8.05. The minimum absolute atomic E-state index is 0.102. The first kappa shape index (κ1) is 35.8. The quantitative estimate of drug-likeness (QED) is 0.0803. The number of nitrogens with zero attached hydrogens (tertiary/aromatic N) is 5. The zero-order valence-electron chi connectivity index (χ0n) is 30.6. The Morgan fingerprint density at radius 3 is 2.45 bits per heavy atom. The van der Waals surface area contributed by atoms with Crippen molar-refractivity contribution in [2.75, 3.05) is 16.9 Å². The van der Waals surface area contributed by atoms with E-state index in [2.05, 4.69) is 0 Å². The highest BCUT2D eigenvalue weighted by Gasteiger charge is 2.68. The molecule has 2 saturated heterocycles. The van der Waals surface area contributed by atoms with E-state index in [-0.39, 0.29) is 35.7 Å². The van der Waals surface area contributed by atoms with E-state index in [0.717, 1.165) is 31.0 Å². The van der Waals surface area contributed by atoms with Crippen LogP contribution >= 0.6 is 22.9 Å². The number of carbonyl (C=O) groups excluding carboxylic acids is 4. The van der Waals surface area contributed by atoms with Crippen LogP contribution in [0.1, 0.15) is 36.8 Å². The number of aryl methyl sites for hydroxylation is 2. The Bertz CT molecular complexity index is 2620. The third kappa shape index (κ3) is 4.94. The summed E-state index contributed by atoms with van der Waals surface area (Å²) in [7, 11) is 3.11. The largest absolute Gasteiger partial charge is 0.504 e. The van der Waals surface area contributed by atoms with Crippen molar-refractivity contribution in [1.29, 1.82) is 0 Å². The topological polar surface area (TPSA) is 165 Å². The van der Waals surface area contributed by atoms with Crippen molar-refractivity contribution in [1.82, 2.24) is 9.78 Å². The van der Waals surface area contributed by atoms with Gasteiger partial charge in [-0.15, -0.1) is 11.3 Å². The molecule has 4 aliphatic rings. The summed E-state index contributed by atoms with van der Waals surface area (Å²) in [6, 6.07) is 17.5. The Labute approximate surface area is 328 Å². The Morgan fingerprint density at radius 2 is 1.73 bits per heavy atom. The van der Waals surface area contributed by atoms with Gasteiger partial charge in [-0.05, 0) is 91.6 Å². The van der Waals surface area contributed by atoms with Gasteiger partial charge >= 0.3 is 0 Å². The molecule has 5 aromatic rings. The molecular weight excluding hydrogens is 758 g/mol. The van der Waals surface area contributed by atoms with Gasteiger partial charge in [0, 0.05) is 40.9 Å². The molecule has 0 spiro atoms. The molecule has 2 aliphatic carbocycles. The average molecular weight is 792 g/mol. The number of hydrogen-bond donors (Lipinski definition) is 1. The number of methoxy groups -OCH3 is 1. The van der Waals surface area contributed by atoms with Crippen LogP contribution in [-0.4, -0.2) is 50.5 Å². The highest BCUT2D eigenvalue weighted by atomic mass is 35.5. The van der Waals surface area contributed by atoms with Crippen molar-refractivity contribution < 1.29 is 33.9 Å². The summed E-state index contributed by atoms with van der Waals surface area (Å²) in [6.45, 7) is 3.77. The second-order valence-corrected chi connectivity index (χ2v) is 16.6. The predicted molar refractivity (Wildman–Crippen MR) is 209 cm³/mol. The minimum Gasteiger partial charge on any atom is -0.504 e. The average Bonchev–Trinajstić information content (AvgIpc) is 3.85. The van der Waals surface area contributed by atoms with E-state index in [4.69, 9.17) is 21.4 Å². The fourth-order valence-corrected chi connectivity index (χ4v) is 11.0. The molecule has 13 nitrogen and oxygen atoms in total. The van der Waals surface area contributed by atoms with Crippen LogP contribution in [0.2, 0.25) is 5.02 Å². The first-order chi connectivity index (χ1) is 26.7. The summed E-state index contributed by atoms with van der Waals surface area (Å²) in [5, 5.41) is 28.3. The van der Waals surface area contributed by atoms with E-state index >= 15 is 4.79 Å². The van der Waals surface area contributed by atoms with Crippen LogP contribution in [0.25, 0.3) is 20.7 Å². The van der Waals surface area contributed by atoms with Gasteiger partial charge in [0.15, 0.2) is 11.5 Å². The Hall–Kier alpha value is -5.86. The van der Waals surface area contributed by atoms with Gasteiger partial charge in [-0.2, -0.15) is 5.10 Å². The molecule has 0 radical (unpaired) electrons. The van der Waals surface area contributed by atoms with Crippen molar-refractivity contribution in [3.05, 3.63) is 105 Å². The van der Waals surface area contributed by atoms with Crippen LogP contribution in [0.15, 0.2) is 78.4 Å². The maximum Gasteiger partial charge on any atom is 0.269 e. The number of fused-ring (bicyclic) bond motifs is 5. The molecule has 2 aliphatic heterocycles. The van der Waals surface area contributed by atoms with Gasteiger partial charge < -0.3 is 9.84 Å². The fraction of sp³-hybridized carbons (Fsp3) is 0.293. The van der Waals surface area contributed by atoms with E-state index in [1.165, 1.54) is 47.0 Å². The molecule has 3 fully saturated rings.